The molecule has 110 valence electrons. The van der Waals surface area contributed by atoms with Gasteiger partial charge in [0, 0.05) is 11.2 Å². The van der Waals surface area contributed by atoms with Crippen LogP contribution in [0.3, 0.4) is 0 Å². The Hall–Kier alpha value is -1.88. The average molecular weight is 278 g/mol. The minimum absolute atomic E-state index is 0.102. The molecule has 0 saturated heterocycles. The molecular weight excluding hydrogens is 256 g/mol. The summed E-state index contributed by atoms with van der Waals surface area (Å²) in [5, 5.41) is 12.0. The molecule has 0 fully saturated rings. The zero-order chi connectivity index (χ0) is 15.3. The lowest BCUT2D eigenvalue weighted by atomic mass is 10.1. The number of aliphatic carboxylic acids is 1. The molecule has 5 nitrogen and oxygen atoms in total. The van der Waals surface area contributed by atoms with Gasteiger partial charge < -0.3 is 15.3 Å². The van der Waals surface area contributed by atoms with E-state index >= 15 is 0 Å². The van der Waals surface area contributed by atoms with Crippen LogP contribution in [-0.2, 0) is 9.59 Å². The molecule has 1 rings (SSSR count). The normalized spacial score (nSPS) is 11.2. The summed E-state index contributed by atoms with van der Waals surface area (Å²) in [6, 6.07) is 7.23. The maximum Gasteiger partial charge on any atom is 0.323 e. The van der Waals surface area contributed by atoms with Crippen molar-refractivity contribution in [3.8, 4) is 0 Å². The minimum Gasteiger partial charge on any atom is -0.480 e. The molecule has 1 aromatic rings. The van der Waals surface area contributed by atoms with E-state index in [1.807, 2.05) is 39.8 Å². The Bertz CT molecular complexity index is 475. The quantitative estimate of drug-likeness (QED) is 0.861. The summed E-state index contributed by atoms with van der Waals surface area (Å²) in [5.41, 5.74) is 1.46. The number of carboxylic acids is 1. The first-order valence-electron chi connectivity index (χ1n) is 6.53. The summed E-state index contributed by atoms with van der Waals surface area (Å²) >= 11 is 0. The lowest BCUT2D eigenvalue weighted by molar-refractivity contribution is -0.136. The van der Waals surface area contributed by atoms with Crippen LogP contribution in [0.25, 0.3) is 0 Å². The Balaban J connectivity index is 2.86. The molecule has 0 aliphatic heterocycles. The Kier molecular flexibility index (Phi) is 5.27. The monoisotopic (exact) mass is 278 g/mol. The van der Waals surface area contributed by atoms with Crippen LogP contribution in [0.15, 0.2) is 24.3 Å². The van der Waals surface area contributed by atoms with Gasteiger partial charge in [0.25, 0.3) is 0 Å². The zero-order valence-electron chi connectivity index (χ0n) is 12.4. The fourth-order valence-corrected chi connectivity index (χ4v) is 1.62. The second-order valence-corrected chi connectivity index (χ2v) is 5.81. The van der Waals surface area contributed by atoms with Gasteiger partial charge in [0.15, 0.2) is 0 Å². The number of carboxylic acid groups (broad SMARTS) is 1. The number of aryl methyl sites for hydroxylation is 1. The third-order valence-electron chi connectivity index (χ3n) is 2.71. The van der Waals surface area contributed by atoms with Crippen LogP contribution in [0.1, 0.15) is 26.3 Å². The number of carbonyl (C=O) groups is 2. The van der Waals surface area contributed by atoms with Gasteiger partial charge in [-0.15, -0.1) is 0 Å². The van der Waals surface area contributed by atoms with Crippen molar-refractivity contribution in [2.24, 2.45) is 0 Å². The van der Waals surface area contributed by atoms with Crippen molar-refractivity contribution in [3.63, 3.8) is 0 Å². The number of benzene rings is 1. The summed E-state index contributed by atoms with van der Waals surface area (Å²) in [4.78, 5) is 24.4. The van der Waals surface area contributed by atoms with Gasteiger partial charge in [-0.1, -0.05) is 17.7 Å². The number of carbonyl (C=O) groups excluding carboxylic acids is 1. The van der Waals surface area contributed by atoms with Gasteiger partial charge >= 0.3 is 5.97 Å². The fourth-order valence-electron chi connectivity index (χ4n) is 1.62. The number of hydrogen-bond acceptors (Lipinski definition) is 3. The highest BCUT2D eigenvalue weighted by Crippen LogP contribution is 2.15. The Morgan fingerprint density at radius 3 is 2.20 bits per heavy atom. The predicted octanol–water partition coefficient (Wildman–Crippen LogP) is 1.80. The molecule has 1 aromatic carbocycles. The molecule has 0 aliphatic rings. The summed E-state index contributed by atoms with van der Waals surface area (Å²) in [6.45, 7) is 7.56. The smallest absolute Gasteiger partial charge is 0.323 e. The first-order chi connectivity index (χ1) is 9.19. The number of nitrogens with zero attached hydrogens (tertiary/aromatic N) is 1. The number of hydrogen-bond donors (Lipinski definition) is 2. The van der Waals surface area contributed by atoms with E-state index in [0.29, 0.717) is 5.69 Å². The van der Waals surface area contributed by atoms with Gasteiger partial charge in [-0.2, -0.15) is 0 Å². The van der Waals surface area contributed by atoms with E-state index in [2.05, 4.69) is 5.32 Å². The highest BCUT2D eigenvalue weighted by molar-refractivity contribution is 5.98. The average Bonchev–Trinajstić information content (AvgIpc) is 2.33. The fraction of sp³-hybridized carbons (Fsp3) is 0.467. The van der Waals surface area contributed by atoms with Crippen LogP contribution in [0.4, 0.5) is 5.69 Å². The van der Waals surface area contributed by atoms with Gasteiger partial charge in [-0.25, -0.2) is 0 Å². The predicted molar refractivity (Wildman–Crippen MR) is 78.9 cm³/mol. The molecule has 0 atom stereocenters. The second-order valence-electron chi connectivity index (χ2n) is 5.81. The highest BCUT2D eigenvalue weighted by Gasteiger charge is 2.20. The van der Waals surface area contributed by atoms with Crippen molar-refractivity contribution in [1.29, 1.82) is 0 Å². The van der Waals surface area contributed by atoms with E-state index in [4.69, 9.17) is 5.11 Å². The first kappa shape index (κ1) is 16.2. The lowest BCUT2D eigenvalue weighted by Gasteiger charge is -2.25. The molecule has 0 spiro atoms. The van der Waals surface area contributed by atoms with Gasteiger partial charge in [0.1, 0.15) is 6.54 Å². The third kappa shape index (κ3) is 5.40. The Morgan fingerprint density at radius 2 is 1.75 bits per heavy atom. The van der Waals surface area contributed by atoms with Gasteiger partial charge in [0.05, 0.1) is 6.54 Å². The van der Waals surface area contributed by atoms with Crippen LogP contribution in [-0.4, -0.2) is 35.6 Å². The van der Waals surface area contributed by atoms with Crippen molar-refractivity contribution >= 4 is 17.6 Å². The molecule has 2 N–H and O–H groups in total. The molecule has 1 amide bonds. The van der Waals surface area contributed by atoms with Gasteiger partial charge in [-0.05, 0) is 39.8 Å². The molecule has 0 aliphatic carbocycles. The van der Waals surface area contributed by atoms with E-state index in [-0.39, 0.29) is 24.5 Å². The topological polar surface area (TPSA) is 69.6 Å². The van der Waals surface area contributed by atoms with E-state index in [9.17, 15) is 9.59 Å². The molecule has 0 bridgehead atoms. The van der Waals surface area contributed by atoms with E-state index in [1.54, 1.807) is 12.1 Å². The van der Waals surface area contributed by atoms with Gasteiger partial charge in [0.2, 0.25) is 5.91 Å². The number of rotatable bonds is 5. The molecular formula is C15H22N2O3. The van der Waals surface area contributed by atoms with Crippen molar-refractivity contribution in [2.45, 2.75) is 33.2 Å². The van der Waals surface area contributed by atoms with Crippen molar-refractivity contribution in [3.05, 3.63) is 29.8 Å². The largest absolute Gasteiger partial charge is 0.480 e. The molecule has 0 radical (unpaired) electrons. The van der Waals surface area contributed by atoms with E-state index in [1.165, 1.54) is 4.90 Å². The highest BCUT2D eigenvalue weighted by atomic mass is 16.4. The molecule has 20 heavy (non-hydrogen) atoms. The first-order valence-corrected chi connectivity index (χ1v) is 6.53. The zero-order valence-corrected chi connectivity index (χ0v) is 12.4. The third-order valence-corrected chi connectivity index (χ3v) is 2.71. The van der Waals surface area contributed by atoms with E-state index < -0.39 is 5.97 Å². The summed E-state index contributed by atoms with van der Waals surface area (Å²) in [5.74, 6) is -1.29. The number of nitrogens with one attached hydrogen (secondary N) is 1. The minimum atomic E-state index is -1.03. The summed E-state index contributed by atoms with van der Waals surface area (Å²) in [7, 11) is 0. The van der Waals surface area contributed by atoms with Crippen molar-refractivity contribution in [1.82, 2.24) is 5.32 Å². The standard InChI is InChI=1S/C15H22N2O3/c1-11-5-7-12(8-6-11)17(10-14(19)20)13(18)9-16-15(2,3)4/h5-8,16H,9-10H2,1-4H3,(H,19,20). The van der Waals surface area contributed by atoms with Crippen LogP contribution < -0.4 is 10.2 Å². The van der Waals surface area contributed by atoms with Crippen LogP contribution >= 0.6 is 0 Å². The Morgan fingerprint density at radius 1 is 1.20 bits per heavy atom. The maximum absolute atomic E-state index is 12.2. The maximum atomic E-state index is 12.2. The number of amides is 1. The van der Waals surface area contributed by atoms with Crippen LogP contribution in [0.2, 0.25) is 0 Å². The van der Waals surface area contributed by atoms with Crippen LogP contribution in [0, 0.1) is 6.92 Å². The van der Waals surface area contributed by atoms with E-state index in [0.717, 1.165) is 5.56 Å². The number of anilines is 1. The molecule has 0 unspecified atom stereocenters. The SMILES string of the molecule is Cc1ccc(N(CC(=O)O)C(=O)CNC(C)(C)C)cc1. The molecule has 0 heterocycles. The van der Waals surface area contributed by atoms with Crippen molar-refractivity contribution < 1.29 is 14.7 Å². The summed E-state index contributed by atoms with van der Waals surface area (Å²) < 4.78 is 0. The summed E-state index contributed by atoms with van der Waals surface area (Å²) in [6.07, 6.45) is 0. The van der Waals surface area contributed by atoms with Crippen molar-refractivity contribution in [2.75, 3.05) is 18.0 Å². The van der Waals surface area contributed by atoms with Crippen LogP contribution in [0.5, 0.6) is 0 Å². The van der Waals surface area contributed by atoms with Gasteiger partial charge in [-0.3, -0.25) is 9.59 Å². The molecule has 0 aromatic heterocycles. The Labute approximate surface area is 119 Å². The lowest BCUT2D eigenvalue weighted by Crippen LogP contribution is -2.46. The molecule has 0 saturated carbocycles. The molecule has 5 heteroatoms. The second kappa shape index (κ2) is 6.52.